The van der Waals surface area contributed by atoms with E-state index in [4.69, 9.17) is 9.84 Å². The molecule has 0 aliphatic carbocycles. The highest BCUT2D eigenvalue weighted by atomic mass is 16.5. The van der Waals surface area contributed by atoms with Crippen LogP contribution in [0.4, 0.5) is 11.4 Å². The van der Waals surface area contributed by atoms with Crippen LogP contribution in [0.5, 0.6) is 11.5 Å². The number of nitrogens with zero attached hydrogens (tertiary/aromatic N) is 2. The fraction of sp³-hybridized carbons (Fsp3) is 0.211. The highest BCUT2D eigenvalue weighted by Gasteiger charge is 2.09. The molecule has 0 saturated heterocycles. The lowest BCUT2D eigenvalue weighted by Gasteiger charge is -2.07. The third kappa shape index (κ3) is 4.91. The molecule has 0 aliphatic rings. The Bertz CT molecular complexity index is 824. The number of carbonyl (C=O) groups is 1. The molecule has 0 atom stereocenters. The molecule has 0 fully saturated rings. The maximum atomic E-state index is 10.9. The van der Waals surface area contributed by atoms with Gasteiger partial charge in [-0.2, -0.15) is 5.11 Å². The number of hydrogen-bond acceptors (Lipinski definition) is 5. The second-order valence-electron chi connectivity index (χ2n) is 5.59. The number of phenols is 1. The van der Waals surface area contributed by atoms with E-state index in [-0.39, 0.29) is 11.3 Å². The van der Waals surface area contributed by atoms with E-state index in [1.165, 1.54) is 6.92 Å². The number of hydrogen-bond donors (Lipinski definition) is 2. The van der Waals surface area contributed by atoms with Crippen molar-refractivity contribution in [2.45, 2.75) is 20.3 Å². The Morgan fingerprint density at radius 1 is 1.20 bits per heavy atom. The molecular formula is C19H20N2O4. The lowest BCUT2D eigenvalue weighted by atomic mass is 10.0. The molecule has 6 nitrogen and oxygen atoms in total. The van der Waals surface area contributed by atoms with Crippen LogP contribution >= 0.6 is 0 Å². The summed E-state index contributed by atoms with van der Waals surface area (Å²) in [6, 6.07) is 10.6. The number of ether oxygens (including phenoxy) is 1. The van der Waals surface area contributed by atoms with E-state index in [0.717, 1.165) is 11.3 Å². The van der Waals surface area contributed by atoms with Crippen LogP contribution in [0.3, 0.4) is 0 Å². The van der Waals surface area contributed by atoms with Gasteiger partial charge in [0, 0.05) is 11.1 Å². The minimum absolute atomic E-state index is 0.00250. The topological polar surface area (TPSA) is 91.5 Å². The van der Waals surface area contributed by atoms with Gasteiger partial charge >= 0.3 is 5.97 Å². The molecule has 6 heteroatoms. The first-order valence-corrected chi connectivity index (χ1v) is 7.69. The lowest BCUT2D eigenvalue weighted by Crippen LogP contribution is -1.97. The van der Waals surface area contributed by atoms with Crippen LogP contribution in [0, 0.1) is 6.92 Å². The molecule has 0 spiro atoms. The van der Waals surface area contributed by atoms with E-state index < -0.39 is 5.97 Å². The van der Waals surface area contributed by atoms with E-state index in [9.17, 15) is 9.90 Å². The zero-order valence-corrected chi connectivity index (χ0v) is 14.4. The quantitative estimate of drug-likeness (QED) is 0.589. The van der Waals surface area contributed by atoms with Gasteiger partial charge in [0.15, 0.2) is 0 Å². The first-order chi connectivity index (χ1) is 11.9. The Kier molecular flexibility index (Phi) is 5.89. The zero-order chi connectivity index (χ0) is 18.4. The monoisotopic (exact) mass is 340 g/mol. The molecule has 0 amide bonds. The fourth-order valence-corrected chi connectivity index (χ4v) is 2.18. The molecule has 2 N–H and O–H groups in total. The van der Waals surface area contributed by atoms with Crippen LogP contribution in [0.25, 0.3) is 0 Å². The standard InChI is InChI=1S/C19H20N2O4/c1-12-10-14(5-4-13(2)19(23)24)18(22)17(11-12)21-20-15-6-8-16(25-3)9-7-15/h4,6-11,22H,5H2,1-3H3,(H,23,24)/b13-4+,21-20?. The van der Waals surface area contributed by atoms with Crippen molar-refractivity contribution in [1.29, 1.82) is 0 Å². The van der Waals surface area contributed by atoms with Gasteiger partial charge in [-0.3, -0.25) is 0 Å². The van der Waals surface area contributed by atoms with E-state index in [2.05, 4.69) is 10.2 Å². The van der Waals surface area contributed by atoms with Crippen molar-refractivity contribution in [2.24, 2.45) is 10.2 Å². The number of aryl methyl sites for hydroxylation is 1. The predicted octanol–water partition coefficient (Wildman–Crippen LogP) is 4.70. The van der Waals surface area contributed by atoms with E-state index >= 15 is 0 Å². The molecule has 25 heavy (non-hydrogen) atoms. The smallest absolute Gasteiger partial charge is 0.330 e. The van der Waals surface area contributed by atoms with Gasteiger partial charge in [-0.05, 0) is 56.2 Å². The van der Waals surface area contributed by atoms with Crippen LogP contribution < -0.4 is 4.74 Å². The van der Waals surface area contributed by atoms with Crippen molar-refractivity contribution in [3.8, 4) is 11.5 Å². The molecule has 0 saturated carbocycles. The molecule has 0 radical (unpaired) electrons. The van der Waals surface area contributed by atoms with Crippen molar-refractivity contribution < 1.29 is 19.7 Å². The van der Waals surface area contributed by atoms with Crippen molar-refractivity contribution >= 4 is 17.3 Å². The minimum atomic E-state index is -0.980. The summed E-state index contributed by atoms with van der Waals surface area (Å²) in [5, 5.41) is 27.5. The molecule has 2 aromatic rings. The van der Waals surface area contributed by atoms with Gasteiger partial charge in [0.05, 0.1) is 12.8 Å². The van der Waals surface area contributed by atoms with Gasteiger partial charge in [-0.1, -0.05) is 12.1 Å². The van der Waals surface area contributed by atoms with Crippen LogP contribution in [0.15, 0.2) is 58.3 Å². The van der Waals surface area contributed by atoms with Gasteiger partial charge in [0.2, 0.25) is 0 Å². The molecular weight excluding hydrogens is 320 g/mol. The van der Waals surface area contributed by atoms with Gasteiger partial charge in [-0.15, -0.1) is 5.11 Å². The first kappa shape index (κ1) is 18.2. The van der Waals surface area contributed by atoms with E-state index in [1.54, 1.807) is 49.6 Å². The molecule has 130 valence electrons. The summed E-state index contributed by atoms with van der Waals surface area (Å²) < 4.78 is 5.09. The Morgan fingerprint density at radius 2 is 1.88 bits per heavy atom. The number of benzene rings is 2. The summed E-state index contributed by atoms with van der Waals surface area (Å²) in [6.45, 7) is 3.39. The third-order valence-electron chi connectivity index (χ3n) is 3.62. The molecule has 0 heterocycles. The summed E-state index contributed by atoms with van der Waals surface area (Å²) in [6.07, 6.45) is 1.86. The highest BCUT2D eigenvalue weighted by molar-refractivity contribution is 5.85. The highest BCUT2D eigenvalue weighted by Crippen LogP contribution is 2.34. The number of phenolic OH excluding ortho intramolecular Hbond substituents is 1. The molecule has 0 aromatic heterocycles. The third-order valence-corrected chi connectivity index (χ3v) is 3.62. The number of aliphatic carboxylic acids is 1. The van der Waals surface area contributed by atoms with Crippen LogP contribution in [-0.2, 0) is 11.2 Å². The average Bonchev–Trinajstić information content (AvgIpc) is 2.60. The number of rotatable bonds is 6. The van der Waals surface area contributed by atoms with Crippen molar-refractivity contribution in [3.05, 3.63) is 59.2 Å². The molecule has 2 aromatic carbocycles. The summed E-state index contributed by atoms with van der Waals surface area (Å²) in [5.41, 5.74) is 2.70. The van der Waals surface area contributed by atoms with Crippen LogP contribution in [0.1, 0.15) is 18.1 Å². The number of allylic oxidation sites excluding steroid dienone is 1. The summed E-state index contributed by atoms with van der Waals surface area (Å²) in [7, 11) is 1.59. The maximum Gasteiger partial charge on any atom is 0.330 e. The Hall–Kier alpha value is -3.15. The number of aromatic hydroxyl groups is 1. The average molecular weight is 340 g/mol. The normalized spacial score (nSPS) is 11.7. The maximum absolute atomic E-state index is 10.9. The van der Waals surface area contributed by atoms with Crippen molar-refractivity contribution in [2.75, 3.05) is 7.11 Å². The largest absolute Gasteiger partial charge is 0.505 e. The van der Waals surface area contributed by atoms with Crippen LogP contribution in [-0.4, -0.2) is 23.3 Å². The van der Waals surface area contributed by atoms with Crippen molar-refractivity contribution in [1.82, 2.24) is 0 Å². The van der Waals surface area contributed by atoms with E-state index in [1.807, 2.05) is 6.92 Å². The lowest BCUT2D eigenvalue weighted by molar-refractivity contribution is -0.132. The molecule has 0 unspecified atom stereocenters. The number of carboxylic acid groups (broad SMARTS) is 1. The molecule has 0 aliphatic heterocycles. The fourth-order valence-electron chi connectivity index (χ4n) is 2.18. The Labute approximate surface area is 146 Å². The molecule has 0 bridgehead atoms. The van der Waals surface area contributed by atoms with Gasteiger partial charge in [-0.25, -0.2) is 4.79 Å². The van der Waals surface area contributed by atoms with Crippen molar-refractivity contribution in [3.63, 3.8) is 0 Å². The zero-order valence-electron chi connectivity index (χ0n) is 14.4. The van der Waals surface area contributed by atoms with Gasteiger partial charge < -0.3 is 14.9 Å². The second-order valence-corrected chi connectivity index (χ2v) is 5.59. The SMILES string of the molecule is COc1ccc(N=Nc2cc(C)cc(C/C=C(\C)C(=O)O)c2O)cc1. The minimum Gasteiger partial charge on any atom is -0.505 e. The summed E-state index contributed by atoms with van der Waals surface area (Å²) in [4.78, 5) is 10.9. The van der Waals surface area contributed by atoms with Gasteiger partial charge in [0.25, 0.3) is 0 Å². The summed E-state index contributed by atoms with van der Waals surface area (Å²) in [5.74, 6) is -0.260. The Balaban J connectivity index is 2.27. The number of azo groups is 1. The Morgan fingerprint density at radius 3 is 2.48 bits per heavy atom. The summed E-state index contributed by atoms with van der Waals surface area (Å²) >= 11 is 0. The number of carboxylic acids is 1. The predicted molar refractivity (Wildman–Crippen MR) is 95.1 cm³/mol. The number of methoxy groups -OCH3 is 1. The second kappa shape index (κ2) is 8.10. The van der Waals surface area contributed by atoms with Crippen LogP contribution in [0.2, 0.25) is 0 Å². The van der Waals surface area contributed by atoms with E-state index in [0.29, 0.717) is 23.4 Å². The first-order valence-electron chi connectivity index (χ1n) is 7.69. The van der Waals surface area contributed by atoms with Gasteiger partial charge in [0.1, 0.15) is 17.2 Å². The molecule has 2 rings (SSSR count).